The van der Waals surface area contributed by atoms with Gasteiger partial charge in [-0.2, -0.15) is 0 Å². The molecule has 2 amide bonds. The molecular weight excluding hydrogens is 521 g/mol. The highest BCUT2D eigenvalue weighted by Gasteiger charge is 2.31. The van der Waals surface area contributed by atoms with Crippen LogP contribution in [-0.2, 0) is 26.2 Å². The molecule has 1 N–H and O–H groups in total. The minimum atomic E-state index is -3.78. The molecule has 0 saturated heterocycles. The molecule has 0 aliphatic carbocycles. The van der Waals surface area contributed by atoms with Gasteiger partial charge < -0.3 is 10.2 Å². The number of nitrogens with one attached hydrogen (secondary N) is 1. The number of benzene rings is 2. The molecule has 0 radical (unpaired) electrons. The van der Waals surface area contributed by atoms with Crippen LogP contribution in [0.1, 0.15) is 57.6 Å². The van der Waals surface area contributed by atoms with Crippen molar-refractivity contribution in [2.24, 2.45) is 0 Å². The fourth-order valence-electron chi connectivity index (χ4n) is 3.76. The molecule has 7 nitrogen and oxygen atoms in total. The smallest absolute Gasteiger partial charge is 0.244 e. The number of nitrogens with zero attached hydrogens (tertiary/aromatic N) is 2. The normalized spacial score (nSPS) is 12.3. The predicted molar refractivity (Wildman–Crippen MR) is 147 cm³/mol. The monoisotopic (exact) mass is 555 g/mol. The van der Waals surface area contributed by atoms with Crippen molar-refractivity contribution in [3.63, 3.8) is 0 Å². The van der Waals surface area contributed by atoms with Crippen LogP contribution in [0, 0.1) is 0 Å². The first kappa shape index (κ1) is 29.9. The summed E-state index contributed by atoms with van der Waals surface area (Å²) in [6.45, 7) is 7.93. The zero-order chi connectivity index (χ0) is 27.0. The second kappa shape index (κ2) is 13.3. The molecule has 2 aromatic rings. The van der Waals surface area contributed by atoms with E-state index in [-0.39, 0.29) is 18.4 Å². The van der Waals surface area contributed by atoms with Crippen LogP contribution in [0.3, 0.4) is 0 Å². The van der Waals surface area contributed by atoms with Gasteiger partial charge >= 0.3 is 0 Å². The Kier molecular flexibility index (Phi) is 11.1. The molecular formula is C26H35Cl2N3O4S. The van der Waals surface area contributed by atoms with Gasteiger partial charge in [0.15, 0.2) is 0 Å². The molecule has 0 spiro atoms. The summed E-state index contributed by atoms with van der Waals surface area (Å²) in [5.74, 6) is -0.515. The molecule has 2 aromatic carbocycles. The molecule has 0 aromatic heterocycles. The van der Waals surface area contributed by atoms with E-state index in [2.05, 4.69) is 5.32 Å². The van der Waals surface area contributed by atoms with Crippen molar-refractivity contribution in [2.75, 3.05) is 23.7 Å². The second-order valence-electron chi connectivity index (χ2n) is 9.00. The number of amides is 2. The van der Waals surface area contributed by atoms with E-state index in [0.717, 1.165) is 22.5 Å². The topological polar surface area (TPSA) is 86.8 Å². The van der Waals surface area contributed by atoms with Crippen molar-refractivity contribution in [2.45, 2.75) is 59.0 Å². The summed E-state index contributed by atoms with van der Waals surface area (Å²) in [6.07, 6.45) is 2.16. The molecule has 0 heterocycles. The van der Waals surface area contributed by atoms with Gasteiger partial charge in [-0.25, -0.2) is 8.42 Å². The molecule has 0 fully saturated rings. The summed E-state index contributed by atoms with van der Waals surface area (Å²) >= 11 is 12.2. The molecule has 10 heteroatoms. The standard InChI is InChI=1S/C26H35Cl2N3O4S/c1-6-14-29-26(33)24(7-2)30(16-19-8-13-22(27)23(28)15-19)25(32)17-31(36(5,34)35)21-11-9-20(10-12-21)18(3)4/h8-13,15,18,24H,6-7,14,16-17H2,1-5H3,(H,29,33)/t24-/m1/s1. The Morgan fingerprint density at radius 2 is 1.64 bits per heavy atom. The SMILES string of the molecule is CCCNC(=O)[C@@H](CC)N(Cc1ccc(Cl)c(Cl)c1)C(=O)CN(c1ccc(C(C)C)cc1)S(C)(=O)=O. The Hall–Kier alpha value is -2.29. The molecule has 1 atom stereocenters. The predicted octanol–water partition coefficient (Wildman–Crippen LogP) is 5.22. The Bertz CT molecular complexity index is 1150. The minimum absolute atomic E-state index is 0.0671. The van der Waals surface area contributed by atoms with Crippen molar-refractivity contribution in [1.82, 2.24) is 10.2 Å². The molecule has 0 aliphatic heterocycles. The van der Waals surface area contributed by atoms with Gasteiger partial charge in [-0.3, -0.25) is 13.9 Å². The molecule has 198 valence electrons. The van der Waals surface area contributed by atoms with Crippen LogP contribution in [0.2, 0.25) is 10.0 Å². The molecule has 0 bridgehead atoms. The van der Waals surface area contributed by atoms with Crippen LogP contribution < -0.4 is 9.62 Å². The lowest BCUT2D eigenvalue weighted by Crippen LogP contribution is -2.52. The Morgan fingerprint density at radius 3 is 2.14 bits per heavy atom. The number of carbonyl (C=O) groups is 2. The van der Waals surface area contributed by atoms with Crippen molar-refractivity contribution >= 4 is 50.7 Å². The zero-order valence-electron chi connectivity index (χ0n) is 21.4. The van der Waals surface area contributed by atoms with E-state index >= 15 is 0 Å². The van der Waals surface area contributed by atoms with Crippen LogP contribution >= 0.6 is 23.2 Å². The Morgan fingerprint density at radius 1 is 1.00 bits per heavy atom. The third-order valence-corrected chi connectivity index (χ3v) is 7.68. The fraction of sp³-hybridized carbons (Fsp3) is 0.462. The number of hydrogen-bond acceptors (Lipinski definition) is 4. The quantitative estimate of drug-likeness (QED) is 0.389. The largest absolute Gasteiger partial charge is 0.354 e. The number of anilines is 1. The maximum absolute atomic E-state index is 13.7. The van der Waals surface area contributed by atoms with Gasteiger partial charge in [0.1, 0.15) is 12.6 Å². The van der Waals surface area contributed by atoms with Crippen molar-refractivity contribution in [1.29, 1.82) is 0 Å². The summed E-state index contributed by atoms with van der Waals surface area (Å²) in [5.41, 5.74) is 2.11. The highest BCUT2D eigenvalue weighted by molar-refractivity contribution is 7.92. The summed E-state index contributed by atoms with van der Waals surface area (Å²) in [4.78, 5) is 28.0. The Labute approximate surface area is 224 Å². The highest BCUT2D eigenvalue weighted by Crippen LogP contribution is 2.25. The lowest BCUT2D eigenvalue weighted by Gasteiger charge is -2.33. The van der Waals surface area contributed by atoms with Crippen LogP contribution in [0.5, 0.6) is 0 Å². The van der Waals surface area contributed by atoms with E-state index in [0.29, 0.717) is 34.3 Å². The molecule has 36 heavy (non-hydrogen) atoms. The van der Waals surface area contributed by atoms with Crippen LogP contribution in [-0.4, -0.2) is 50.5 Å². The van der Waals surface area contributed by atoms with Gasteiger partial charge in [-0.1, -0.05) is 69.1 Å². The van der Waals surface area contributed by atoms with E-state index in [1.165, 1.54) is 4.90 Å². The van der Waals surface area contributed by atoms with E-state index in [1.807, 2.05) is 39.8 Å². The van der Waals surface area contributed by atoms with Gasteiger partial charge in [0.05, 0.1) is 22.0 Å². The van der Waals surface area contributed by atoms with Crippen LogP contribution in [0.4, 0.5) is 5.69 Å². The third kappa shape index (κ3) is 8.11. The number of halogens is 2. The zero-order valence-corrected chi connectivity index (χ0v) is 23.8. The lowest BCUT2D eigenvalue weighted by atomic mass is 10.0. The summed E-state index contributed by atoms with van der Waals surface area (Å²) in [5, 5.41) is 3.55. The van der Waals surface area contributed by atoms with Crippen molar-refractivity contribution < 1.29 is 18.0 Å². The highest BCUT2D eigenvalue weighted by atomic mass is 35.5. The number of carbonyl (C=O) groups excluding carboxylic acids is 2. The number of sulfonamides is 1. The van der Waals surface area contributed by atoms with E-state index < -0.39 is 28.5 Å². The van der Waals surface area contributed by atoms with Gasteiger partial charge in [0, 0.05) is 13.1 Å². The number of rotatable bonds is 12. The maximum Gasteiger partial charge on any atom is 0.244 e. The van der Waals surface area contributed by atoms with Crippen molar-refractivity contribution in [3.05, 3.63) is 63.6 Å². The van der Waals surface area contributed by atoms with Gasteiger partial charge in [-0.05, 0) is 54.2 Å². The summed E-state index contributed by atoms with van der Waals surface area (Å²) in [6, 6.07) is 11.3. The molecule has 0 aliphatic rings. The lowest BCUT2D eigenvalue weighted by molar-refractivity contribution is -0.140. The van der Waals surface area contributed by atoms with E-state index in [1.54, 1.807) is 30.3 Å². The minimum Gasteiger partial charge on any atom is -0.354 e. The van der Waals surface area contributed by atoms with Gasteiger partial charge in [-0.15, -0.1) is 0 Å². The molecule has 0 unspecified atom stereocenters. The summed E-state index contributed by atoms with van der Waals surface area (Å²) < 4.78 is 26.5. The first-order valence-electron chi connectivity index (χ1n) is 12.0. The van der Waals surface area contributed by atoms with Crippen LogP contribution in [0.25, 0.3) is 0 Å². The van der Waals surface area contributed by atoms with Crippen LogP contribution in [0.15, 0.2) is 42.5 Å². The third-order valence-electron chi connectivity index (χ3n) is 5.80. The second-order valence-corrected chi connectivity index (χ2v) is 11.7. The fourth-order valence-corrected chi connectivity index (χ4v) is 4.93. The van der Waals surface area contributed by atoms with Crippen molar-refractivity contribution in [3.8, 4) is 0 Å². The van der Waals surface area contributed by atoms with E-state index in [9.17, 15) is 18.0 Å². The first-order valence-corrected chi connectivity index (χ1v) is 14.6. The Balaban J connectivity index is 2.44. The number of hydrogen-bond donors (Lipinski definition) is 1. The first-order chi connectivity index (χ1) is 16.9. The maximum atomic E-state index is 13.7. The molecule has 2 rings (SSSR count). The average Bonchev–Trinajstić information content (AvgIpc) is 2.82. The van der Waals surface area contributed by atoms with Gasteiger partial charge in [0.2, 0.25) is 21.8 Å². The summed E-state index contributed by atoms with van der Waals surface area (Å²) in [7, 11) is -3.78. The average molecular weight is 557 g/mol. The van der Waals surface area contributed by atoms with E-state index in [4.69, 9.17) is 23.2 Å². The van der Waals surface area contributed by atoms with Gasteiger partial charge in [0.25, 0.3) is 0 Å². The molecule has 0 saturated carbocycles.